The molecule has 0 saturated heterocycles. The van der Waals surface area contributed by atoms with Crippen LogP contribution in [-0.2, 0) is 19.4 Å². The lowest BCUT2D eigenvalue weighted by molar-refractivity contribution is 0.196. The molecule has 1 aliphatic carbocycles. The molecule has 4 rings (SSSR count). The van der Waals surface area contributed by atoms with Gasteiger partial charge in [0, 0.05) is 18.0 Å². The van der Waals surface area contributed by atoms with Crippen molar-refractivity contribution in [3.8, 4) is 17.2 Å². The molecule has 156 valence electrons. The minimum Gasteiger partial charge on any atom is -0.493 e. The molecule has 0 fully saturated rings. The van der Waals surface area contributed by atoms with E-state index >= 15 is 0 Å². The third-order valence-corrected chi connectivity index (χ3v) is 5.47. The Bertz CT molecular complexity index is 1140. The van der Waals surface area contributed by atoms with Gasteiger partial charge in [0.15, 0.2) is 17.2 Å². The van der Waals surface area contributed by atoms with Crippen LogP contribution in [0.3, 0.4) is 0 Å². The third-order valence-electron chi connectivity index (χ3n) is 5.47. The molecule has 1 amide bonds. The van der Waals surface area contributed by atoms with Gasteiger partial charge in [-0.05, 0) is 43.0 Å². The second kappa shape index (κ2) is 8.10. The number of benzene rings is 2. The Hall–Kier alpha value is -3.48. The Morgan fingerprint density at radius 2 is 1.63 bits per heavy atom. The van der Waals surface area contributed by atoms with Gasteiger partial charge in [-0.25, -0.2) is 4.79 Å². The Labute approximate surface area is 174 Å². The molecule has 30 heavy (non-hydrogen) atoms. The minimum atomic E-state index is -0.551. The van der Waals surface area contributed by atoms with Gasteiger partial charge in [-0.2, -0.15) is 0 Å². The number of amides is 1. The van der Waals surface area contributed by atoms with E-state index in [4.69, 9.17) is 14.2 Å². The summed E-state index contributed by atoms with van der Waals surface area (Å²) in [4.78, 5) is 25.4. The van der Waals surface area contributed by atoms with Crippen molar-refractivity contribution >= 4 is 16.9 Å². The number of pyridine rings is 1. The van der Waals surface area contributed by atoms with E-state index in [2.05, 4.69) is 17.4 Å². The van der Waals surface area contributed by atoms with Crippen molar-refractivity contribution in [3.63, 3.8) is 0 Å². The van der Waals surface area contributed by atoms with Gasteiger partial charge < -0.3 is 24.1 Å². The number of carbonyl (C=O) groups excluding carboxylic acids is 1. The largest absolute Gasteiger partial charge is 0.493 e. The van der Waals surface area contributed by atoms with Crippen molar-refractivity contribution < 1.29 is 19.0 Å². The highest BCUT2D eigenvalue weighted by atomic mass is 16.6. The summed E-state index contributed by atoms with van der Waals surface area (Å²) in [7, 11) is 3.03. The lowest BCUT2D eigenvalue weighted by atomic mass is 10.1. The first-order chi connectivity index (χ1) is 14.5. The summed E-state index contributed by atoms with van der Waals surface area (Å²) < 4.78 is 17.8. The average molecular weight is 408 g/mol. The first-order valence-corrected chi connectivity index (χ1v) is 9.88. The molecular weight excluding hydrogens is 384 g/mol. The van der Waals surface area contributed by atoms with Gasteiger partial charge in [-0.1, -0.05) is 24.3 Å². The first-order valence-electron chi connectivity index (χ1n) is 9.88. The molecule has 0 bridgehead atoms. The number of rotatable bonds is 5. The van der Waals surface area contributed by atoms with Crippen LogP contribution in [0.25, 0.3) is 10.8 Å². The maximum atomic E-state index is 12.8. The Morgan fingerprint density at radius 1 is 1.03 bits per heavy atom. The summed E-state index contributed by atoms with van der Waals surface area (Å²) in [5.74, 6) is 1.19. The number of hydrogen-bond acceptors (Lipinski definition) is 5. The van der Waals surface area contributed by atoms with Gasteiger partial charge in [-0.3, -0.25) is 4.79 Å². The summed E-state index contributed by atoms with van der Waals surface area (Å²) >= 11 is 0. The number of methoxy groups -OCH3 is 2. The van der Waals surface area contributed by atoms with E-state index < -0.39 is 6.09 Å². The topological polar surface area (TPSA) is 78.8 Å². The maximum absolute atomic E-state index is 12.8. The van der Waals surface area contributed by atoms with Crippen LogP contribution in [0.5, 0.6) is 17.2 Å². The molecule has 0 unspecified atom stereocenters. The summed E-state index contributed by atoms with van der Waals surface area (Å²) in [6, 6.07) is 11.4. The molecule has 2 aromatic carbocycles. The Balaban J connectivity index is 1.64. The molecule has 0 atom stereocenters. The van der Waals surface area contributed by atoms with Crippen molar-refractivity contribution in [2.75, 3.05) is 14.2 Å². The SMILES string of the molecule is CCn1cc(OC(=O)NC2Cc3ccccc3C2)c2cc(OC)c(OC)cc2c1=O. The standard InChI is InChI=1S/C23H24N2O5/c1-4-25-13-21(17-11-19(28-2)20(29-3)12-18(17)22(25)26)30-23(27)24-16-9-14-7-5-6-8-15(14)10-16/h5-8,11-13,16H,4,9-10H2,1-3H3,(H,24,27). The third kappa shape index (κ3) is 3.58. The van der Waals surface area contributed by atoms with Crippen LogP contribution >= 0.6 is 0 Å². The second-order valence-electron chi connectivity index (χ2n) is 7.25. The van der Waals surface area contributed by atoms with Gasteiger partial charge in [0.2, 0.25) is 0 Å². The second-order valence-corrected chi connectivity index (χ2v) is 7.25. The monoisotopic (exact) mass is 408 g/mol. The molecule has 1 aromatic heterocycles. The summed E-state index contributed by atoms with van der Waals surface area (Å²) in [5.41, 5.74) is 2.29. The number of ether oxygens (including phenoxy) is 3. The van der Waals surface area contributed by atoms with Crippen molar-refractivity contribution in [3.05, 3.63) is 64.1 Å². The van der Waals surface area contributed by atoms with Gasteiger partial charge in [0.05, 0.1) is 25.8 Å². The molecule has 0 saturated carbocycles. The normalized spacial score (nSPS) is 13.2. The van der Waals surface area contributed by atoms with E-state index in [9.17, 15) is 9.59 Å². The highest BCUT2D eigenvalue weighted by molar-refractivity contribution is 5.92. The van der Waals surface area contributed by atoms with Crippen LogP contribution in [0.1, 0.15) is 18.1 Å². The van der Waals surface area contributed by atoms with Crippen molar-refractivity contribution in [2.45, 2.75) is 32.4 Å². The molecule has 1 aliphatic rings. The lowest BCUT2D eigenvalue weighted by Crippen LogP contribution is -2.37. The summed E-state index contributed by atoms with van der Waals surface area (Å²) in [5, 5.41) is 3.83. The Morgan fingerprint density at radius 3 is 2.20 bits per heavy atom. The fourth-order valence-corrected chi connectivity index (χ4v) is 3.96. The molecule has 1 heterocycles. The van der Waals surface area contributed by atoms with Gasteiger partial charge >= 0.3 is 6.09 Å². The maximum Gasteiger partial charge on any atom is 0.412 e. The number of aryl methyl sites for hydroxylation is 1. The van der Waals surface area contributed by atoms with E-state index in [1.807, 2.05) is 19.1 Å². The smallest absolute Gasteiger partial charge is 0.412 e. The quantitative estimate of drug-likeness (QED) is 0.701. The van der Waals surface area contributed by atoms with Crippen LogP contribution in [0, 0.1) is 0 Å². The fraction of sp³-hybridized carbons (Fsp3) is 0.304. The van der Waals surface area contributed by atoms with Crippen LogP contribution < -0.4 is 25.1 Å². The number of carbonyl (C=O) groups is 1. The van der Waals surface area contributed by atoms with E-state index in [1.54, 1.807) is 18.3 Å². The molecule has 3 aromatic rings. The predicted molar refractivity (Wildman–Crippen MR) is 114 cm³/mol. The molecule has 0 radical (unpaired) electrons. The average Bonchev–Trinajstić information content (AvgIpc) is 3.16. The highest BCUT2D eigenvalue weighted by Crippen LogP contribution is 2.35. The van der Waals surface area contributed by atoms with Crippen molar-refractivity contribution in [1.29, 1.82) is 0 Å². The Kier molecular flexibility index (Phi) is 5.35. The number of fused-ring (bicyclic) bond motifs is 2. The van der Waals surface area contributed by atoms with Gasteiger partial charge in [0.25, 0.3) is 5.56 Å². The van der Waals surface area contributed by atoms with Crippen molar-refractivity contribution in [2.24, 2.45) is 0 Å². The molecule has 0 spiro atoms. The molecular formula is C23H24N2O5. The summed E-state index contributed by atoms with van der Waals surface area (Å²) in [6.45, 7) is 2.30. The molecule has 1 N–H and O–H groups in total. The first kappa shape index (κ1) is 19.8. The van der Waals surface area contributed by atoms with Crippen LogP contribution in [0.4, 0.5) is 4.79 Å². The number of aromatic nitrogens is 1. The van der Waals surface area contributed by atoms with Gasteiger partial charge in [-0.15, -0.1) is 0 Å². The van der Waals surface area contributed by atoms with Crippen LogP contribution in [0.2, 0.25) is 0 Å². The number of hydrogen-bond donors (Lipinski definition) is 1. The number of nitrogens with zero attached hydrogens (tertiary/aromatic N) is 1. The van der Waals surface area contributed by atoms with Crippen LogP contribution in [-0.4, -0.2) is 30.9 Å². The highest BCUT2D eigenvalue weighted by Gasteiger charge is 2.24. The molecule has 7 heteroatoms. The zero-order chi connectivity index (χ0) is 21.3. The van der Waals surface area contributed by atoms with Crippen molar-refractivity contribution in [1.82, 2.24) is 9.88 Å². The predicted octanol–water partition coefficient (Wildman–Crippen LogP) is 3.29. The fourth-order valence-electron chi connectivity index (χ4n) is 3.96. The molecule has 0 aliphatic heterocycles. The van der Waals surface area contributed by atoms with E-state index in [-0.39, 0.29) is 11.6 Å². The van der Waals surface area contributed by atoms with E-state index in [1.165, 1.54) is 29.9 Å². The lowest BCUT2D eigenvalue weighted by Gasteiger charge is -2.16. The van der Waals surface area contributed by atoms with E-state index in [0.717, 1.165) is 12.8 Å². The zero-order valence-corrected chi connectivity index (χ0v) is 17.2. The molecule has 7 nitrogen and oxygen atoms in total. The van der Waals surface area contributed by atoms with Crippen LogP contribution in [0.15, 0.2) is 47.4 Å². The van der Waals surface area contributed by atoms with E-state index in [0.29, 0.717) is 34.6 Å². The van der Waals surface area contributed by atoms with Gasteiger partial charge in [0.1, 0.15) is 0 Å². The minimum absolute atomic E-state index is 0.0205. The number of nitrogens with one attached hydrogen (secondary N) is 1. The summed E-state index contributed by atoms with van der Waals surface area (Å²) in [6.07, 6.45) is 2.54. The zero-order valence-electron chi connectivity index (χ0n) is 17.2.